The molecule has 0 aromatic heterocycles. The van der Waals surface area contributed by atoms with Gasteiger partial charge in [0.25, 0.3) is 0 Å². The fourth-order valence-electron chi connectivity index (χ4n) is 3.80. The van der Waals surface area contributed by atoms with Crippen LogP contribution in [0.2, 0.25) is 0 Å². The molecule has 0 amide bonds. The summed E-state index contributed by atoms with van der Waals surface area (Å²) in [6, 6.07) is 13.0. The normalized spacial score (nSPS) is 11.8. The van der Waals surface area contributed by atoms with Crippen LogP contribution in [0.25, 0.3) is 22.3 Å². The Morgan fingerprint density at radius 2 is 1.59 bits per heavy atom. The van der Waals surface area contributed by atoms with Crippen molar-refractivity contribution in [3.05, 3.63) is 82.2 Å². The van der Waals surface area contributed by atoms with Gasteiger partial charge < -0.3 is 0 Å². The summed E-state index contributed by atoms with van der Waals surface area (Å²) >= 11 is 0. The summed E-state index contributed by atoms with van der Waals surface area (Å²) in [5.41, 5.74) is 4.24. The van der Waals surface area contributed by atoms with Crippen LogP contribution in [0, 0.1) is 28.8 Å². The van der Waals surface area contributed by atoms with Gasteiger partial charge in [-0.1, -0.05) is 43.7 Å². The van der Waals surface area contributed by atoms with Gasteiger partial charge in [0.05, 0.1) is 0 Å². The Bertz CT molecular complexity index is 1090. The van der Waals surface area contributed by atoms with Crippen molar-refractivity contribution in [1.29, 1.82) is 5.26 Å². The van der Waals surface area contributed by atoms with Crippen LogP contribution in [0.15, 0.2) is 42.5 Å². The smallest absolute Gasteiger partial charge is 0.144 e. The van der Waals surface area contributed by atoms with Gasteiger partial charge in [-0.3, -0.25) is 0 Å². The monoisotopic (exact) mass is 363 g/mol. The molecule has 1 aliphatic rings. The second-order valence-corrected chi connectivity index (χ2v) is 6.80. The van der Waals surface area contributed by atoms with Crippen LogP contribution in [-0.2, 0) is 12.8 Å². The second-order valence-electron chi connectivity index (χ2n) is 6.80. The minimum atomic E-state index is -0.986. The largest absolute Gasteiger partial charge is 0.206 e. The van der Waals surface area contributed by atoms with E-state index in [4.69, 9.17) is 5.26 Å². The van der Waals surface area contributed by atoms with E-state index >= 15 is 4.39 Å². The van der Waals surface area contributed by atoms with E-state index in [1.165, 1.54) is 11.6 Å². The third-order valence-corrected chi connectivity index (χ3v) is 5.07. The minimum absolute atomic E-state index is 0.0897. The summed E-state index contributed by atoms with van der Waals surface area (Å²) in [4.78, 5) is 0. The summed E-state index contributed by atoms with van der Waals surface area (Å²) in [6.07, 6.45) is 2.48. The number of hydrogen-bond acceptors (Lipinski definition) is 1. The predicted octanol–water partition coefficient (Wildman–Crippen LogP) is 6.17. The van der Waals surface area contributed by atoms with E-state index in [0.717, 1.165) is 41.7 Å². The van der Waals surface area contributed by atoms with E-state index in [1.54, 1.807) is 12.1 Å². The van der Waals surface area contributed by atoms with Gasteiger partial charge in [-0.2, -0.15) is 5.26 Å². The summed E-state index contributed by atoms with van der Waals surface area (Å²) in [6.45, 7) is 2.11. The first kappa shape index (κ1) is 17.4. The van der Waals surface area contributed by atoms with Gasteiger partial charge in [-0.25, -0.2) is 13.2 Å². The average molecular weight is 363 g/mol. The number of halogens is 3. The molecule has 0 fully saturated rings. The zero-order chi connectivity index (χ0) is 19.1. The van der Waals surface area contributed by atoms with Crippen molar-refractivity contribution in [2.45, 2.75) is 26.2 Å². The molecule has 0 saturated heterocycles. The lowest BCUT2D eigenvalue weighted by Gasteiger charge is -2.10. The van der Waals surface area contributed by atoms with Crippen LogP contribution < -0.4 is 0 Å². The van der Waals surface area contributed by atoms with Gasteiger partial charge >= 0.3 is 0 Å². The van der Waals surface area contributed by atoms with E-state index in [0.29, 0.717) is 12.0 Å². The molecule has 4 rings (SSSR count). The number of fused-ring (bicyclic) bond motifs is 3. The highest BCUT2D eigenvalue weighted by molar-refractivity contribution is 5.81. The molecule has 1 nitrogen and oxygen atoms in total. The Balaban J connectivity index is 1.80. The van der Waals surface area contributed by atoms with E-state index in [1.807, 2.05) is 6.07 Å². The summed E-state index contributed by atoms with van der Waals surface area (Å²) in [5.74, 6) is -2.44. The van der Waals surface area contributed by atoms with Crippen LogP contribution >= 0.6 is 0 Å². The number of hydrogen-bond donors (Lipinski definition) is 0. The van der Waals surface area contributed by atoms with Crippen molar-refractivity contribution in [2.24, 2.45) is 0 Å². The van der Waals surface area contributed by atoms with Crippen LogP contribution in [0.5, 0.6) is 0 Å². The summed E-state index contributed by atoms with van der Waals surface area (Å²) in [5, 5.41) is 8.80. The topological polar surface area (TPSA) is 23.8 Å². The van der Waals surface area contributed by atoms with E-state index in [2.05, 4.69) is 19.1 Å². The SMILES string of the molecule is CCCc1ccc2c(c1)Cc1c-2ccc(-c2cc(F)c(C#N)c(F)c2)c1F. The van der Waals surface area contributed by atoms with Gasteiger partial charge in [0.2, 0.25) is 0 Å². The second kappa shape index (κ2) is 6.59. The third-order valence-electron chi connectivity index (χ3n) is 5.07. The maximum absolute atomic E-state index is 15.2. The number of aryl methyl sites for hydroxylation is 1. The van der Waals surface area contributed by atoms with Crippen molar-refractivity contribution in [1.82, 2.24) is 0 Å². The van der Waals surface area contributed by atoms with Crippen molar-refractivity contribution in [3.63, 3.8) is 0 Å². The molecular weight excluding hydrogens is 347 g/mol. The Morgan fingerprint density at radius 1 is 0.926 bits per heavy atom. The molecule has 134 valence electrons. The van der Waals surface area contributed by atoms with E-state index in [-0.39, 0.29) is 11.1 Å². The highest BCUT2D eigenvalue weighted by Gasteiger charge is 2.25. The highest BCUT2D eigenvalue weighted by atomic mass is 19.1. The van der Waals surface area contributed by atoms with Gasteiger partial charge in [0.15, 0.2) is 0 Å². The number of rotatable bonds is 3. The molecule has 0 aliphatic heterocycles. The molecule has 0 spiro atoms. The predicted molar refractivity (Wildman–Crippen MR) is 98.7 cm³/mol. The van der Waals surface area contributed by atoms with E-state index < -0.39 is 23.0 Å². The maximum Gasteiger partial charge on any atom is 0.144 e. The lowest BCUT2D eigenvalue weighted by atomic mass is 9.97. The molecule has 3 aromatic rings. The van der Waals surface area contributed by atoms with Crippen LogP contribution in [0.4, 0.5) is 13.2 Å². The standard InChI is InChI=1S/C23H16F3N/c1-2-3-13-4-5-16-14(8-13)9-19-18(16)7-6-17(23(19)26)15-10-21(24)20(12-27)22(25)11-15/h4-8,10-11H,2-3,9H2,1H3. The maximum atomic E-state index is 15.2. The van der Waals surface area contributed by atoms with E-state index in [9.17, 15) is 8.78 Å². The first-order chi connectivity index (χ1) is 13.0. The first-order valence-electron chi connectivity index (χ1n) is 8.86. The third kappa shape index (κ3) is 2.80. The highest BCUT2D eigenvalue weighted by Crippen LogP contribution is 2.41. The molecule has 0 unspecified atom stereocenters. The molecule has 0 saturated carbocycles. The van der Waals surface area contributed by atoms with Crippen molar-refractivity contribution in [3.8, 4) is 28.3 Å². The van der Waals surface area contributed by atoms with Gasteiger partial charge in [0.1, 0.15) is 29.1 Å². The number of nitriles is 1. The average Bonchev–Trinajstić information content (AvgIpc) is 3.01. The molecule has 3 aromatic carbocycles. The zero-order valence-electron chi connectivity index (χ0n) is 14.7. The lowest BCUT2D eigenvalue weighted by Crippen LogP contribution is -1.96. The number of benzene rings is 3. The Hall–Kier alpha value is -3.06. The molecule has 0 N–H and O–H groups in total. The Labute approximate surface area is 155 Å². The molecule has 1 aliphatic carbocycles. The van der Waals surface area contributed by atoms with Gasteiger partial charge in [-0.05, 0) is 46.4 Å². The molecule has 0 heterocycles. The Morgan fingerprint density at radius 3 is 2.26 bits per heavy atom. The lowest BCUT2D eigenvalue weighted by molar-refractivity contribution is 0.577. The molecule has 0 atom stereocenters. The van der Waals surface area contributed by atoms with Crippen LogP contribution in [0.3, 0.4) is 0 Å². The van der Waals surface area contributed by atoms with Crippen molar-refractivity contribution < 1.29 is 13.2 Å². The van der Waals surface area contributed by atoms with Crippen LogP contribution in [0.1, 0.15) is 35.6 Å². The van der Waals surface area contributed by atoms with Gasteiger partial charge in [0, 0.05) is 17.5 Å². The zero-order valence-corrected chi connectivity index (χ0v) is 14.7. The summed E-state index contributed by atoms with van der Waals surface area (Å²) < 4.78 is 43.1. The molecule has 27 heavy (non-hydrogen) atoms. The van der Waals surface area contributed by atoms with Crippen LogP contribution in [-0.4, -0.2) is 0 Å². The first-order valence-corrected chi connectivity index (χ1v) is 8.86. The number of nitrogens with zero attached hydrogens (tertiary/aromatic N) is 1. The fraction of sp³-hybridized carbons (Fsp3) is 0.174. The van der Waals surface area contributed by atoms with Crippen molar-refractivity contribution >= 4 is 0 Å². The molecule has 0 bridgehead atoms. The quantitative estimate of drug-likeness (QED) is 0.427. The summed E-state index contributed by atoms with van der Waals surface area (Å²) in [7, 11) is 0. The molecular formula is C23H16F3N. The molecule has 4 heteroatoms. The fourth-order valence-corrected chi connectivity index (χ4v) is 3.80. The minimum Gasteiger partial charge on any atom is -0.206 e. The van der Waals surface area contributed by atoms with Crippen molar-refractivity contribution in [2.75, 3.05) is 0 Å². The molecule has 0 radical (unpaired) electrons. The van der Waals surface area contributed by atoms with Gasteiger partial charge in [-0.15, -0.1) is 0 Å². The Kier molecular flexibility index (Phi) is 4.24.